The molecule has 0 heterocycles. The van der Waals surface area contributed by atoms with Crippen molar-refractivity contribution in [1.82, 2.24) is 0 Å². The Labute approximate surface area is 182 Å². The van der Waals surface area contributed by atoms with E-state index in [4.69, 9.17) is 0 Å². The summed E-state index contributed by atoms with van der Waals surface area (Å²) in [4.78, 5) is 11.2. The maximum atomic E-state index is 11.5. The van der Waals surface area contributed by atoms with Gasteiger partial charge in [-0.05, 0) is 35.4 Å². The number of carbonyl (C=O) groups excluding carboxylic acids is 1. The fraction of sp³-hybridized carbons (Fsp3) is 0.0625. The molecule has 0 amide bonds. The fourth-order valence-electron chi connectivity index (χ4n) is 1.87. The van der Waals surface area contributed by atoms with Gasteiger partial charge in [0.2, 0.25) is 0 Å². The number of hydrogen-bond donors (Lipinski definition) is 1. The van der Waals surface area contributed by atoms with E-state index in [9.17, 15) is 22.9 Å². The zero-order valence-electron chi connectivity index (χ0n) is 13.1. The molecule has 0 aliphatic rings. The minimum Gasteiger partial charge on any atom is -0.744 e. The molecule has 0 aromatic heterocycles. The fourth-order valence-corrected chi connectivity index (χ4v) is 2.34. The minimum absolute atomic E-state index is 0. The smallest absolute Gasteiger partial charge is 0.744 e. The number of aromatic hydroxyl groups is 1. The van der Waals surface area contributed by atoms with Gasteiger partial charge in [-0.1, -0.05) is 30.4 Å². The van der Waals surface area contributed by atoms with Crippen molar-refractivity contribution in [2.75, 3.05) is 7.11 Å². The Kier molecular flexibility index (Phi) is 7.81. The molecule has 0 unspecified atom stereocenters. The van der Waals surface area contributed by atoms with E-state index in [1.807, 2.05) is 0 Å². The van der Waals surface area contributed by atoms with Crippen LogP contribution in [-0.2, 0) is 14.9 Å². The Bertz CT molecular complexity index is 857. The number of hydrogen-bond acceptors (Lipinski definition) is 6. The van der Waals surface area contributed by atoms with Crippen LogP contribution in [0.4, 0.5) is 0 Å². The summed E-state index contributed by atoms with van der Waals surface area (Å²) in [5, 5.41) is 9.62. The van der Waals surface area contributed by atoms with E-state index in [0.29, 0.717) is 11.1 Å². The first-order valence-corrected chi connectivity index (χ1v) is 7.87. The normalized spacial score (nSPS) is 11.1. The van der Waals surface area contributed by atoms with Crippen LogP contribution in [0.15, 0.2) is 47.4 Å². The summed E-state index contributed by atoms with van der Waals surface area (Å²) in [7, 11) is -3.24. The van der Waals surface area contributed by atoms with Gasteiger partial charge in [0, 0.05) is 0 Å². The van der Waals surface area contributed by atoms with Gasteiger partial charge >= 0.3 is 57.4 Å². The van der Waals surface area contributed by atoms with Crippen molar-refractivity contribution in [3.05, 3.63) is 59.2 Å². The SMILES string of the molecule is COC(=O)c1cc(/C=C/c2ccc(S(=O)(=O)[O-])cc2)ccc1O.[K+]. The number of methoxy groups -OCH3 is 1. The molecule has 0 atom stereocenters. The van der Waals surface area contributed by atoms with Crippen LogP contribution >= 0.6 is 0 Å². The monoisotopic (exact) mass is 372 g/mol. The Balaban J connectivity index is 0.00000288. The van der Waals surface area contributed by atoms with Crippen LogP contribution in [0, 0.1) is 0 Å². The Morgan fingerprint density at radius 3 is 2.17 bits per heavy atom. The van der Waals surface area contributed by atoms with Crippen LogP contribution in [0.25, 0.3) is 12.2 Å². The molecule has 0 saturated carbocycles. The van der Waals surface area contributed by atoms with Crippen molar-refractivity contribution in [1.29, 1.82) is 0 Å². The van der Waals surface area contributed by atoms with Crippen molar-refractivity contribution in [3.63, 3.8) is 0 Å². The molecule has 2 rings (SSSR count). The molecular weight excluding hydrogens is 359 g/mol. The summed E-state index contributed by atoms with van der Waals surface area (Å²) in [6.07, 6.45) is 3.35. The van der Waals surface area contributed by atoms with Crippen LogP contribution in [0.3, 0.4) is 0 Å². The number of phenols is 1. The number of esters is 1. The molecule has 2 aromatic rings. The molecule has 0 bridgehead atoms. The second-order valence-corrected chi connectivity index (χ2v) is 6.00. The van der Waals surface area contributed by atoms with E-state index in [1.54, 1.807) is 18.2 Å². The standard InChI is InChI=1S/C16H14O6S.K/c1-22-16(18)14-10-12(6-9-15(14)17)3-2-11-4-7-13(8-5-11)23(19,20)21;/h2-10,17H,1H3,(H,19,20,21);/q;+1/p-1/b3-2+;. The van der Waals surface area contributed by atoms with Gasteiger partial charge in [-0.25, -0.2) is 13.2 Å². The molecule has 0 radical (unpaired) electrons. The second-order valence-electron chi connectivity index (χ2n) is 4.62. The molecule has 0 aliphatic heterocycles. The van der Waals surface area contributed by atoms with E-state index in [2.05, 4.69) is 4.74 Å². The Morgan fingerprint density at radius 1 is 1.08 bits per heavy atom. The predicted molar refractivity (Wildman–Crippen MR) is 82.8 cm³/mol. The van der Waals surface area contributed by atoms with E-state index in [1.165, 1.54) is 43.5 Å². The van der Waals surface area contributed by atoms with E-state index < -0.39 is 16.1 Å². The van der Waals surface area contributed by atoms with Gasteiger partial charge < -0.3 is 14.4 Å². The maximum Gasteiger partial charge on any atom is 1.00 e. The second kappa shape index (κ2) is 8.91. The largest absolute Gasteiger partial charge is 1.00 e. The number of ether oxygens (including phenoxy) is 1. The number of rotatable bonds is 4. The average Bonchev–Trinajstić information content (AvgIpc) is 2.53. The van der Waals surface area contributed by atoms with Crippen molar-refractivity contribution >= 4 is 28.2 Å². The number of benzene rings is 2. The van der Waals surface area contributed by atoms with Gasteiger partial charge in [-0.3, -0.25) is 0 Å². The van der Waals surface area contributed by atoms with Crippen molar-refractivity contribution in [3.8, 4) is 5.75 Å². The Hall–Kier alpha value is -1.00. The molecule has 120 valence electrons. The van der Waals surface area contributed by atoms with Crippen LogP contribution in [0.1, 0.15) is 21.5 Å². The molecular formula is C16H13KO6S. The van der Waals surface area contributed by atoms with Gasteiger partial charge in [-0.15, -0.1) is 0 Å². The molecule has 24 heavy (non-hydrogen) atoms. The summed E-state index contributed by atoms with van der Waals surface area (Å²) < 4.78 is 37.1. The molecule has 0 spiro atoms. The summed E-state index contributed by atoms with van der Waals surface area (Å²) in [6.45, 7) is 0. The van der Waals surface area contributed by atoms with Gasteiger partial charge in [0.1, 0.15) is 21.4 Å². The van der Waals surface area contributed by atoms with Crippen molar-refractivity contribution in [2.24, 2.45) is 0 Å². The zero-order chi connectivity index (χ0) is 17.0. The third kappa shape index (κ3) is 5.52. The molecule has 0 saturated heterocycles. The molecule has 6 nitrogen and oxygen atoms in total. The van der Waals surface area contributed by atoms with Crippen LogP contribution in [-0.4, -0.2) is 31.2 Å². The predicted octanol–water partition coefficient (Wildman–Crippen LogP) is -0.743. The first-order valence-electron chi connectivity index (χ1n) is 6.46. The third-order valence-corrected chi connectivity index (χ3v) is 3.91. The van der Waals surface area contributed by atoms with Gasteiger partial charge in [0.05, 0.1) is 12.0 Å². The van der Waals surface area contributed by atoms with Crippen molar-refractivity contribution < 1.29 is 79.0 Å². The molecule has 0 aliphatic carbocycles. The number of phenolic OH excluding ortho intramolecular Hbond substituents is 1. The third-order valence-electron chi connectivity index (χ3n) is 3.06. The van der Waals surface area contributed by atoms with Gasteiger partial charge in [0.25, 0.3) is 0 Å². The van der Waals surface area contributed by atoms with Crippen molar-refractivity contribution in [2.45, 2.75) is 4.90 Å². The Morgan fingerprint density at radius 2 is 1.62 bits per heavy atom. The molecule has 2 aromatic carbocycles. The first kappa shape index (κ1) is 21.0. The molecule has 1 N–H and O–H groups in total. The van der Waals surface area contributed by atoms with E-state index in [0.717, 1.165) is 0 Å². The topological polar surface area (TPSA) is 104 Å². The van der Waals surface area contributed by atoms with Crippen LogP contribution in [0.2, 0.25) is 0 Å². The first-order chi connectivity index (χ1) is 10.8. The van der Waals surface area contributed by atoms with Crippen LogP contribution in [0.5, 0.6) is 5.75 Å². The maximum absolute atomic E-state index is 11.5. The number of carbonyl (C=O) groups is 1. The molecule has 8 heteroatoms. The van der Waals surface area contributed by atoms with Crippen LogP contribution < -0.4 is 51.4 Å². The summed E-state index contributed by atoms with van der Waals surface area (Å²) >= 11 is 0. The van der Waals surface area contributed by atoms with E-state index >= 15 is 0 Å². The van der Waals surface area contributed by atoms with Gasteiger partial charge in [0.15, 0.2) is 0 Å². The average molecular weight is 372 g/mol. The summed E-state index contributed by atoms with van der Waals surface area (Å²) in [5.74, 6) is -0.832. The molecule has 0 fully saturated rings. The van der Waals surface area contributed by atoms with E-state index in [-0.39, 0.29) is 67.6 Å². The quantitative estimate of drug-likeness (QED) is 0.328. The summed E-state index contributed by atoms with van der Waals surface area (Å²) in [5.41, 5.74) is 1.36. The zero-order valence-corrected chi connectivity index (χ0v) is 17.0. The minimum atomic E-state index is -4.46. The summed E-state index contributed by atoms with van der Waals surface area (Å²) in [6, 6.07) is 9.87. The van der Waals surface area contributed by atoms with Gasteiger partial charge in [-0.2, -0.15) is 0 Å².